The molecule has 1 unspecified atom stereocenters. The quantitative estimate of drug-likeness (QED) is 0.0581. The molecule has 1 atom stereocenters. The number of esters is 1. The van der Waals surface area contributed by atoms with Gasteiger partial charge in [-0.3, -0.25) is 0 Å². The van der Waals surface area contributed by atoms with Crippen molar-refractivity contribution in [3.05, 3.63) is 316 Å². The van der Waals surface area contributed by atoms with E-state index in [1.54, 1.807) is 12.1 Å². The third-order valence-electron chi connectivity index (χ3n) is 13.5. The van der Waals surface area contributed by atoms with E-state index < -0.39 is 5.97 Å². The molecule has 10 aromatic carbocycles. The Kier molecular flexibility index (Phi) is 19.4. The van der Waals surface area contributed by atoms with Gasteiger partial charge < -0.3 is 37.9 Å². The van der Waals surface area contributed by atoms with Crippen LogP contribution in [0.1, 0.15) is 66.8 Å². The number of fused-ring (bicyclic) bond motifs is 1. The van der Waals surface area contributed by atoms with E-state index >= 15 is 0 Å². The fourth-order valence-corrected chi connectivity index (χ4v) is 9.25. The Labute approximate surface area is 474 Å². The molecule has 0 fully saturated rings. The van der Waals surface area contributed by atoms with Crippen LogP contribution in [0.2, 0.25) is 0 Å². The summed E-state index contributed by atoms with van der Waals surface area (Å²) < 4.78 is 49.9. The van der Waals surface area contributed by atoms with Crippen LogP contribution < -0.4 is 33.2 Å². The summed E-state index contributed by atoms with van der Waals surface area (Å²) in [6.07, 6.45) is 1.76. The average molecular weight is 1070 g/mol. The topological polar surface area (TPSA) is 90.9 Å². The molecule has 9 heteroatoms. The van der Waals surface area contributed by atoms with E-state index in [0.29, 0.717) is 85.9 Å². The summed E-state index contributed by atoms with van der Waals surface area (Å²) in [7, 11) is 0. The maximum absolute atomic E-state index is 13.9. The van der Waals surface area contributed by atoms with Crippen molar-refractivity contribution in [3.8, 4) is 40.2 Å². The minimum atomic E-state index is -0.441. The van der Waals surface area contributed by atoms with Crippen LogP contribution in [-0.4, -0.2) is 12.1 Å². The minimum Gasteiger partial charge on any atom is -0.489 e. The van der Waals surface area contributed by atoms with E-state index in [-0.39, 0.29) is 19.3 Å². The Morgan fingerprint density at radius 1 is 0.321 bits per heavy atom. The van der Waals surface area contributed by atoms with E-state index in [0.717, 1.165) is 56.7 Å². The smallest absolute Gasteiger partial charge is 0.338 e. The third-order valence-corrected chi connectivity index (χ3v) is 13.5. The highest BCUT2D eigenvalue weighted by Crippen LogP contribution is 2.42. The average Bonchev–Trinajstić information content (AvgIpc) is 3.58. The number of para-hydroxylation sites is 1. The van der Waals surface area contributed by atoms with Gasteiger partial charge in [-0.05, 0) is 93.2 Å². The standard InChI is InChI=1S/C45H40O6.C27H24O3/c46-45(51-39-24-25-40-37(26-39)22-13-23-41(40)47-29-33-14-5-1-6-15-33)38-27-42(48-30-34-16-7-2-8-17-34)44(50-32-36-20-11-4-12-21-36)43(28-38)49-31-35-18-9-3-10-19-35;1-4-11-22(12-5-1)19-28-25-17-10-18-26(29-20-23-13-6-2-7-14-23)27(25)30-21-24-15-8-3-9-16-24/h1-23,27-28,39H,24-26,29-32H2;1-18H,19-21H2. The molecule has 0 saturated carbocycles. The maximum Gasteiger partial charge on any atom is 0.338 e. The van der Waals surface area contributed by atoms with Crippen LogP contribution in [0.4, 0.5) is 0 Å². The summed E-state index contributed by atoms with van der Waals surface area (Å²) in [6, 6.07) is 85.4. The number of hydrogen-bond acceptors (Lipinski definition) is 9. The first-order valence-electron chi connectivity index (χ1n) is 27.4. The lowest BCUT2D eigenvalue weighted by molar-refractivity contribution is 0.0268. The molecular formula is C72H64O9. The van der Waals surface area contributed by atoms with E-state index in [2.05, 4.69) is 18.2 Å². The van der Waals surface area contributed by atoms with E-state index in [4.69, 9.17) is 37.9 Å². The fraction of sp³-hybridized carbons (Fsp3) is 0.153. The van der Waals surface area contributed by atoms with Crippen LogP contribution in [0.25, 0.3) is 0 Å². The van der Waals surface area contributed by atoms with Gasteiger partial charge in [0.1, 0.15) is 58.1 Å². The van der Waals surface area contributed by atoms with E-state index in [1.807, 2.05) is 231 Å². The first kappa shape index (κ1) is 54.6. The summed E-state index contributed by atoms with van der Waals surface area (Å²) in [6.45, 7) is 2.74. The molecule has 0 saturated heterocycles. The molecule has 1 aliphatic carbocycles. The Hall–Kier alpha value is -9.73. The number of hydrogen-bond donors (Lipinski definition) is 0. The van der Waals surface area contributed by atoms with Gasteiger partial charge in [0.05, 0.1) is 5.56 Å². The van der Waals surface area contributed by atoms with Gasteiger partial charge in [-0.15, -0.1) is 0 Å². The second kappa shape index (κ2) is 28.8. The highest BCUT2D eigenvalue weighted by molar-refractivity contribution is 5.91. The Bertz CT molecular complexity index is 3370. The summed E-state index contributed by atoms with van der Waals surface area (Å²) >= 11 is 0. The van der Waals surface area contributed by atoms with Gasteiger partial charge >= 0.3 is 5.97 Å². The highest BCUT2D eigenvalue weighted by Gasteiger charge is 2.27. The molecule has 9 nitrogen and oxygen atoms in total. The lowest BCUT2D eigenvalue weighted by Crippen LogP contribution is -2.26. The summed E-state index contributed by atoms with van der Waals surface area (Å²) in [5, 5.41) is 0. The molecule has 10 aromatic rings. The summed E-state index contributed by atoms with van der Waals surface area (Å²) in [5.74, 6) is 3.63. The van der Waals surface area contributed by atoms with Crippen LogP contribution in [0.15, 0.2) is 261 Å². The number of benzene rings is 10. The van der Waals surface area contributed by atoms with Crippen molar-refractivity contribution in [1.82, 2.24) is 0 Å². The van der Waals surface area contributed by atoms with E-state index in [1.165, 1.54) is 5.56 Å². The normalized spacial score (nSPS) is 12.3. The molecule has 81 heavy (non-hydrogen) atoms. The third kappa shape index (κ3) is 16.2. The highest BCUT2D eigenvalue weighted by atomic mass is 16.6. The molecule has 406 valence electrons. The SMILES string of the molecule is O=C(OC1CCc2c(cccc2OCc2ccccc2)C1)c1cc(OCc2ccccc2)c(OCc2ccccc2)c(OCc2ccccc2)c1.c1ccc(COc2cccc(OCc3ccccc3)c2OCc2ccccc2)cc1. The minimum absolute atomic E-state index is 0.285. The first-order valence-corrected chi connectivity index (χ1v) is 27.4. The zero-order valence-corrected chi connectivity index (χ0v) is 45.1. The van der Waals surface area contributed by atoms with Crippen LogP contribution in [0.5, 0.6) is 40.2 Å². The molecular weight excluding hydrogens is 1010 g/mol. The van der Waals surface area contributed by atoms with Crippen LogP contribution in [0, 0.1) is 0 Å². The Morgan fingerprint density at radius 3 is 0.988 bits per heavy atom. The molecule has 0 amide bonds. The van der Waals surface area contributed by atoms with Crippen LogP contribution in [-0.2, 0) is 63.8 Å². The van der Waals surface area contributed by atoms with Crippen LogP contribution >= 0.6 is 0 Å². The fourth-order valence-electron chi connectivity index (χ4n) is 9.25. The van der Waals surface area contributed by atoms with Crippen molar-refractivity contribution >= 4 is 5.97 Å². The van der Waals surface area contributed by atoms with Gasteiger partial charge in [-0.25, -0.2) is 4.79 Å². The summed E-state index contributed by atoms with van der Waals surface area (Å²) in [4.78, 5) is 13.9. The Balaban J connectivity index is 0.000000208. The first-order chi connectivity index (χ1) is 40.1. The molecule has 0 aliphatic heterocycles. The van der Waals surface area contributed by atoms with Crippen molar-refractivity contribution in [3.63, 3.8) is 0 Å². The Morgan fingerprint density at radius 2 is 0.617 bits per heavy atom. The summed E-state index contributed by atoms with van der Waals surface area (Å²) in [5.41, 5.74) is 10.0. The number of carbonyl (C=O) groups excluding carboxylic acids is 1. The van der Waals surface area contributed by atoms with Gasteiger partial charge in [0.15, 0.2) is 23.0 Å². The number of carbonyl (C=O) groups is 1. The molecule has 0 radical (unpaired) electrons. The van der Waals surface area contributed by atoms with Gasteiger partial charge in [0.2, 0.25) is 11.5 Å². The van der Waals surface area contributed by atoms with E-state index in [9.17, 15) is 4.79 Å². The van der Waals surface area contributed by atoms with Crippen molar-refractivity contribution < 1.29 is 42.7 Å². The molecule has 11 rings (SSSR count). The molecule has 0 spiro atoms. The lowest BCUT2D eigenvalue weighted by atomic mass is 9.89. The molecule has 1 aliphatic rings. The monoisotopic (exact) mass is 1070 g/mol. The molecule has 0 heterocycles. The predicted octanol–water partition coefficient (Wildman–Crippen LogP) is 16.1. The van der Waals surface area contributed by atoms with Gasteiger partial charge in [-0.1, -0.05) is 231 Å². The second-order valence-corrected chi connectivity index (χ2v) is 19.5. The van der Waals surface area contributed by atoms with Crippen molar-refractivity contribution in [1.29, 1.82) is 0 Å². The zero-order valence-electron chi connectivity index (χ0n) is 45.1. The number of ether oxygens (including phenoxy) is 8. The van der Waals surface area contributed by atoms with Gasteiger partial charge in [-0.2, -0.15) is 0 Å². The van der Waals surface area contributed by atoms with Crippen molar-refractivity contribution in [2.45, 2.75) is 71.6 Å². The largest absolute Gasteiger partial charge is 0.489 e. The molecule has 0 bridgehead atoms. The maximum atomic E-state index is 13.9. The van der Waals surface area contributed by atoms with Crippen molar-refractivity contribution in [2.24, 2.45) is 0 Å². The number of rotatable bonds is 23. The van der Waals surface area contributed by atoms with Gasteiger partial charge in [0.25, 0.3) is 0 Å². The second-order valence-electron chi connectivity index (χ2n) is 19.5. The molecule has 0 aromatic heterocycles. The van der Waals surface area contributed by atoms with Gasteiger partial charge in [0, 0.05) is 6.42 Å². The van der Waals surface area contributed by atoms with Crippen molar-refractivity contribution in [2.75, 3.05) is 0 Å². The van der Waals surface area contributed by atoms with Crippen LogP contribution in [0.3, 0.4) is 0 Å². The zero-order chi connectivity index (χ0) is 55.1. The molecule has 0 N–H and O–H groups in total. The lowest BCUT2D eigenvalue weighted by Gasteiger charge is -2.26. The predicted molar refractivity (Wildman–Crippen MR) is 316 cm³/mol.